The third-order valence-corrected chi connectivity index (χ3v) is 5.50. The Hall–Kier alpha value is -2.62. The molecule has 1 fully saturated rings. The second kappa shape index (κ2) is 6.94. The highest BCUT2D eigenvalue weighted by molar-refractivity contribution is 5.98. The van der Waals surface area contributed by atoms with Gasteiger partial charge in [-0.1, -0.05) is 30.3 Å². The van der Waals surface area contributed by atoms with E-state index in [0.717, 1.165) is 43.3 Å². The predicted octanol–water partition coefficient (Wildman–Crippen LogP) is 4.41. The van der Waals surface area contributed by atoms with E-state index in [0.29, 0.717) is 11.6 Å². The minimum atomic E-state index is -0.278. The van der Waals surface area contributed by atoms with Gasteiger partial charge in [0, 0.05) is 25.5 Å². The number of hydrogen-bond donors (Lipinski definition) is 0. The normalized spacial score (nSPS) is 15.5. The quantitative estimate of drug-likeness (QED) is 0.687. The average Bonchev–Trinajstić information content (AvgIpc) is 2.99. The van der Waals surface area contributed by atoms with Gasteiger partial charge in [-0.2, -0.15) is 0 Å². The van der Waals surface area contributed by atoms with Crippen molar-refractivity contribution in [3.63, 3.8) is 0 Å². The number of halogens is 1. The first-order valence-electron chi connectivity index (χ1n) is 9.20. The maximum absolute atomic E-state index is 13.5. The second-order valence-electron chi connectivity index (χ2n) is 7.22. The lowest BCUT2D eigenvalue weighted by Gasteiger charge is -2.32. The Bertz CT molecular complexity index is 924. The Morgan fingerprint density at radius 1 is 1.08 bits per heavy atom. The van der Waals surface area contributed by atoms with Gasteiger partial charge in [-0.3, -0.25) is 4.79 Å². The van der Waals surface area contributed by atoms with Gasteiger partial charge in [0.15, 0.2) is 0 Å². The smallest absolute Gasteiger partial charge is 0.270 e. The van der Waals surface area contributed by atoms with Gasteiger partial charge in [-0.25, -0.2) is 4.39 Å². The van der Waals surface area contributed by atoms with Crippen molar-refractivity contribution in [1.82, 2.24) is 9.47 Å². The number of nitrogens with zero attached hydrogens (tertiary/aromatic N) is 2. The van der Waals surface area contributed by atoms with Crippen molar-refractivity contribution in [1.29, 1.82) is 0 Å². The van der Waals surface area contributed by atoms with Crippen LogP contribution in [0.4, 0.5) is 4.39 Å². The molecule has 0 N–H and O–H groups in total. The highest BCUT2D eigenvalue weighted by atomic mass is 19.1. The maximum Gasteiger partial charge on any atom is 0.270 e. The molecule has 1 saturated heterocycles. The van der Waals surface area contributed by atoms with Crippen LogP contribution in [0.5, 0.6) is 0 Å². The van der Waals surface area contributed by atoms with Crippen LogP contribution in [0, 0.1) is 11.7 Å². The number of rotatable bonds is 3. The van der Waals surface area contributed by atoms with Crippen LogP contribution < -0.4 is 0 Å². The van der Waals surface area contributed by atoms with Crippen LogP contribution in [-0.4, -0.2) is 28.5 Å². The highest BCUT2D eigenvalue weighted by Crippen LogP contribution is 2.25. The summed E-state index contributed by atoms with van der Waals surface area (Å²) in [7, 11) is 1.83. The van der Waals surface area contributed by atoms with Crippen LogP contribution in [0.2, 0.25) is 0 Å². The number of hydrogen-bond acceptors (Lipinski definition) is 1. The number of aromatic nitrogens is 1. The minimum absolute atomic E-state index is 0.0438. The number of aryl methyl sites for hydroxylation is 1. The molecule has 2 aromatic carbocycles. The van der Waals surface area contributed by atoms with Gasteiger partial charge in [0.1, 0.15) is 11.5 Å². The van der Waals surface area contributed by atoms with Gasteiger partial charge in [0.25, 0.3) is 5.91 Å². The van der Waals surface area contributed by atoms with Crippen molar-refractivity contribution in [3.05, 3.63) is 71.7 Å². The largest absolute Gasteiger partial charge is 0.340 e. The zero-order valence-corrected chi connectivity index (χ0v) is 15.0. The fourth-order valence-corrected chi connectivity index (χ4v) is 3.96. The molecule has 134 valence electrons. The number of carbonyl (C=O) groups excluding carboxylic acids is 1. The van der Waals surface area contributed by atoms with E-state index in [1.54, 1.807) is 10.6 Å². The lowest BCUT2D eigenvalue weighted by atomic mass is 9.90. The van der Waals surface area contributed by atoms with Crippen LogP contribution in [0.3, 0.4) is 0 Å². The first kappa shape index (κ1) is 16.8. The van der Waals surface area contributed by atoms with Crippen LogP contribution >= 0.6 is 0 Å². The fraction of sp³-hybridized carbons (Fsp3) is 0.318. The zero-order chi connectivity index (χ0) is 18.1. The molecule has 0 bridgehead atoms. The summed E-state index contributed by atoms with van der Waals surface area (Å²) in [5, 5.41) is 0.899. The van der Waals surface area contributed by atoms with Crippen molar-refractivity contribution >= 4 is 16.8 Å². The third-order valence-electron chi connectivity index (χ3n) is 5.50. The first-order valence-corrected chi connectivity index (χ1v) is 9.20. The van der Waals surface area contributed by atoms with Gasteiger partial charge in [0.2, 0.25) is 0 Å². The number of piperidine rings is 1. The van der Waals surface area contributed by atoms with E-state index in [1.807, 2.05) is 24.1 Å². The molecule has 4 rings (SSSR count). The van der Waals surface area contributed by atoms with E-state index in [-0.39, 0.29) is 11.7 Å². The molecule has 1 aliphatic heterocycles. The van der Waals surface area contributed by atoms with Crippen molar-refractivity contribution in [3.8, 4) is 0 Å². The highest BCUT2D eigenvalue weighted by Gasteiger charge is 2.25. The molecule has 0 saturated carbocycles. The fourth-order valence-electron chi connectivity index (χ4n) is 3.96. The number of carbonyl (C=O) groups is 1. The molecule has 1 aromatic heterocycles. The molecule has 2 heterocycles. The number of likely N-dealkylation sites (tertiary alicyclic amines) is 1. The molecule has 0 aliphatic carbocycles. The van der Waals surface area contributed by atoms with Crippen LogP contribution in [-0.2, 0) is 13.5 Å². The van der Waals surface area contributed by atoms with Gasteiger partial charge in [-0.15, -0.1) is 0 Å². The molecule has 0 radical (unpaired) electrons. The van der Waals surface area contributed by atoms with E-state index in [1.165, 1.54) is 17.7 Å². The van der Waals surface area contributed by atoms with Crippen molar-refractivity contribution in [2.24, 2.45) is 13.0 Å². The standard InChI is InChI=1S/C22H23FN2O/c1-24-20-15-19(23)8-7-18(20)14-21(24)22(26)25-11-9-17(10-12-25)13-16-5-3-2-4-6-16/h2-8,14-15,17H,9-13H2,1H3. The summed E-state index contributed by atoms with van der Waals surface area (Å²) in [6.07, 6.45) is 3.13. The van der Waals surface area contributed by atoms with Gasteiger partial charge in [-0.05, 0) is 55.0 Å². The van der Waals surface area contributed by atoms with E-state index < -0.39 is 0 Å². The number of fused-ring (bicyclic) bond motifs is 1. The van der Waals surface area contributed by atoms with Gasteiger partial charge >= 0.3 is 0 Å². The van der Waals surface area contributed by atoms with Crippen molar-refractivity contribution in [2.45, 2.75) is 19.3 Å². The lowest BCUT2D eigenvalue weighted by Crippen LogP contribution is -2.39. The van der Waals surface area contributed by atoms with E-state index in [9.17, 15) is 9.18 Å². The average molecular weight is 350 g/mol. The molecule has 0 atom stereocenters. The summed E-state index contributed by atoms with van der Waals surface area (Å²) in [6.45, 7) is 1.57. The summed E-state index contributed by atoms with van der Waals surface area (Å²) >= 11 is 0. The molecular weight excluding hydrogens is 327 g/mol. The predicted molar refractivity (Wildman–Crippen MR) is 102 cm³/mol. The molecule has 3 aromatic rings. The molecule has 3 nitrogen and oxygen atoms in total. The summed E-state index contributed by atoms with van der Waals surface area (Å²) < 4.78 is 15.3. The lowest BCUT2D eigenvalue weighted by molar-refractivity contribution is 0.0681. The minimum Gasteiger partial charge on any atom is -0.340 e. The summed E-state index contributed by atoms with van der Waals surface area (Å²) in [5.74, 6) is 0.393. The Balaban J connectivity index is 1.44. The summed E-state index contributed by atoms with van der Waals surface area (Å²) in [6, 6.07) is 17.1. The van der Waals surface area contributed by atoms with E-state index in [2.05, 4.69) is 24.3 Å². The number of benzene rings is 2. The zero-order valence-electron chi connectivity index (χ0n) is 15.0. The van der Waals surface area contributed by atoms with Crippen molar-refractivity contribution < 1.29 is 9.18 Å². The molecule has 26 heavy (non-hydrogen) atoms. The molecule has 0 spiro atoms. The van der Waals surface area contributed by atoms with E-state index >= 15 is 0 Å². The Morgan fingerprint density at radius 3 is 2.54 bits per heavy atom. The van der Waals surface area contributed by atoms with Crippen LogP contribution in [0.15, 0.2) is 54.6 Å². The molecular formula is C22H23FN2O. The Kier molecular flexibility index (Phi) is 4.49. The van der Waals surface area contributed by atoms with E-state index in [4.69, 9.17) is 0 Å². The van der Waals surface area contributed by atoms with Crippen LogP contribution in [0.25, 0.3) is 10.9 Å². The monoisotopic (exact) mass is 350 g/mol. The van der Waals surface area contributed by atoms with Gasteiger partial charge in [0.05, 0.1) is 5.52 Å². The topological polar surface area (TPSA) is 25.2 Å². The van der Waals surface area contributed by atoms with Crippen LogP contribution in [0.1, 0.15) is 28.9 Å². The van der Waals surface area contributed by atoms with Gasteiger partial charge < -0.3 is 9.47 Å². The van der Waals surface area contributed by atoms with Crippen molar-refractivity contribution in [2.75, 3.05) is 13.1 Å². The summed E-state index contributed by atoms with van der Waals surface area (Å²) in [4.78, 5) is 14.9. The molecule has 1 amide bonds. The Morgan fingerprint density at radius 2 is 1.81 bits per heavy atom. The third kappa shape index (κ3) is 3.24. The molecule has 0 unspecified atom stereocenters. The second-order valence-corrected chi connectivity index (χ2v) is 7.22. The molecule has 1 aliphatic rings. The SMILES string of the molecule is Cn1c(C(=O)N2CCC(Cc3ccccc3)CC2)cc2ccc(F)cc21. The first-order chi connectivity index (χ1) is 12.6. The number of amides is 1. The summed E-state index contributed by atoms with van der Waals surface area (Å²) in [5.41, 5.74) is 2.76. The molecule has 4 heteroatoms. The maximum atomic E-state index is 13.5. The Labute approximate surface area is 153 Å².